The predicted molar refractivity (Wildman–Crippen MR) is 122 cm³/mol. The Balaban J connectivity index is 1.42. The lowest BCUT2D eigenvalue weighted by molar-refractivity contribution is 0.0951. The number of nitrogens with zero attached hydrogens (tertiary/aromatic N) is 2. The molecule has 6 heteroatoms. The molecule has 0 aliphatic carbocycles. The summed E-state index contributed by atoms with van der Waals surface area (Å²) in [4.78, 5) is 19.4. The molecule has 0 atom stereocenters. The van der Waals surface area contributed by atoms with Crippen molar-refractivity contribution in [2.45, 2.75) is 18.7 Å². The molecule has 2 aromatic rings. The zero-order valence-corrected chi connectivity index (χ0v) is 17.9. The first-order chi connectivity index (χ1) is 13.7. The van der Waals surface area contributed by atoms with E-state index < -0.39 is 0 Å². The fraction of sp³-hybridized carbons (Fsp3) is 0.364. The summed E-state index contributed by atoms with van der Waals surface area (Å²) in [6.07, 6.45) is 0.930. The monoisotopic (exact) mass is 413 g/mol. The number of nitrogens with one attached hydrogen (secondary N) is 1. The quantitative estimate of drug-likeness (QED) is 0.624. The molecule has 3 rings (SSSR count). The molecule has 0 radical (unpaired) electrons. The van der Waals surface area contributed by atoms with Crippen LogP contribution in [0.1, 0.15) is 27.9 Å². The highest BCUT2D eigenvalue weighted by molar-refractivity contribution is 8.38. The molecule has 0 aromatic heterocycles. The molecular weight excluding hydrogens is 386 g/mol. The maximum atomic E-state index is 12.6. The summed E-state index contributed by atoms with van der Waals surface area (Å²) in [6.45, 7) is 3.47. The lowest BCUT2D eigenvalue weighted by atomic mass is 10.1. The number of benzene rings is 2. The largest absolute Gasteiger partial charge is 0.352 e. The normalized spacial score (nSPS) is 13.6. The second-order valence-electron chi connectivity index (χ2n) is 6.77. The summed E-state index contributed by atoms with van der Waals surface area (Å²) in [5.74, 6) is 1.88. The van der Waals surface area contributed by atoms with E-state index in [-0.39, 0.29) is 5.91 Å². The average Bonchev–Trinajstić information content (AvgIpc) is 3.24. The van der Waals surface area contributed by atoms with Crippen LogP contribution < -0.4 is 5.32 Å². The standard InChI is InChI=1S/C22H27N3OS2/c1-25(16-18-8-3-2-4-9-18)14-7-12-23-21(26)20-11-6-5-10-19(20)17-28-22-24-13-15-27-22/h2-6,8-11H,7,12-17H2,1H3,(H,23,26). The first-order valence-electron chi connectivity index (χ1n) is 9.61. The van der Waals surface area contributed by atoms with E-state index in [1.54, 1.807) is 23.5 Å². The molecule has 148 valence electrons. The molecule has 1 aliphatic heterocycles. The van der Waals surface area contributed by atoms with Crippen LogP contribution in [0.4, 0.5) is 0 Å². The van der Waals surface area contributed by atoms with Crippen LogP contribution in [0, 0.1) is 0 Å². The fourth-order valence-corrected chi connectivity index (χ4v) is 5.04. The van der Waals surface area contributed by atoms with Gasteiger partial charge < -0.3 is 10.2 Å². The molecule has 1 heterocycles. The topological polar surface area (TPSA) is 44.7 Å². The maximum absolute atomic E-state index is 12.6. The van der Waals surface area contributed by atoms with E-state index in [0.29, 0.717) is 6.54 Å². The minimum absolute atomic E-state index is 0.0166. The predicted octanol–water partition coefficient (Wildman–Crippen LogP) is 4.27. The van der Waals surface area contributed by atoms with Crippen molar-refractivity contribution in [1.82, 2.24) is 10.2 Å². The van der Waals surface area contributed by atoms with E-state index in [1.807, 2.05) is 30.3 Å². The van der Waals surface area contributed by atoms with Crippen LogP contribution in [0.5, 0.6) is 0 Å². The van der Waals surface area contributed by atoms with Crippen LogP contribution in [-0.2, 0) is 12.3 Å². The zero-order valence-electron chi connectivity index (χ0n) is 16.3. The van der Waals surface area contributed by atoms with Crippen LogP contribution >= 0.6 is 23.5 Å². The van der Waals surface area contributed by atoms with Crippen molar-refractivity contribution in [1.29, 1.82) is 0 Å². The van der Waals surface area contributed by atoms with Gasteiger partial charge in [0.2, 0.25) is 0 Å². The van der Waals surface area contributed by atoms with E-state index in [1.165, 1.54) is 5.56 Å². The molecule has 0 fully saturated rings. The Morgan fingerprint density at radius 3 is 2.75 bits per heavy atom. The van der Waals surface area contributed by atoms with Gasteiger partial charge in [0.25, 0.3) is 5.91 Å². The SMILES string of the molecule is CN(CCCNC(=O)c1ccccc1CSC1=NCCS1)Cc1ccccc1. The minimum atomic E-state index is 0.0166. The summed E-state index contributed by atoms with van der Waals surface area (Å²) < 4.78 is 1.14. The van der Waals surface area contributed by atoms with Gasteiger partial charge in [-0.1, -0.05) is 72.1 Å². The summed E-state index contributed by atoms with van der Waals surface area (Å²) >= 11 is 3.53. The van der Waals surface area contributed by atoms with Crippen molar-refractivity contribution in [3.05, 3.63) is 71.3 Å². The first kappa shape index (κ1) is 21.0. The van der Waals surface area contributed by atoms with Crippen LogP contribution in [0.15, 0.2) is 59.6 Å². The van der Waals surface area contributed by atoms with Crippen LogP contribution in [0.3, 0.4) is 0 Å². The molecule has 0 bridgehead atoms. The lowest BCUT2D eigenvalue weighted by Crippen LogP contribution is -2.28. The number of carbonyl (C=O) groups is 1. The number of thioether (sulfide) groups is 2. The highest BCUT2D eigenvalue weighted by Crippen LogP contribution is 2.26. The molecule has 28 heavy (non-hydrogen) atoms. The zero-order chi connectivity index (χ0) is 19.6. The van der Waals surface area contributed by atoms with Crippen LogP contribution in [0.25, 0.3) is 0 Å². The molecule has 1 N–H and O–H groups in total. The Labute approximate surface area is 176 Å². The van der Waals surface area contributed by atoms with Gasteiger partial charge in [-0.3, -0.25) is 9.79 Å². The van der Waals surface area contributed by atoms with Gasteiger partial charge in [0, 0.05) is 30.2 Å². The third-order valence-electron chi connectivity index (χ3n) is 4.47. The van der Waals surface area contributed by atoms with Crippen LogP contribution in [-0.4, -0.2) is 47.6 Å². The van der Waals surface area contributed by atoms with Gasteiger partial charge in [-0.05, 0) is 37.2 Å². The van der Waals surface area contributed by atoms with E-state index in [9.17, 15) is 4.79 Å². The Hall–Kier alpha value is -1.76. The molecule has 0 unspecified atom stereocenters. The van der Waals surface area contributed by atoms with E-state index in [4.69, 9.17) is 0 Å². The molecule has 0 saturated heterocycles. The Morgan fingerprint density at radius 1 is 1.18 bits per heavy atom. The average molecular weight is 414 g/mol. The van der Waals surface area contributed by atoms with Crippen molar-refractivity contribution in [2.75, 3.05) is 32.4 Å². The van der Waals surface area contributed by atoms with Gasteiger partial charge in [0.15, 0.2) is 0 Å². The minimum Gasteiger partial charge on any atom is -0.352 e. The summed E-state index contributed by atoms with van der Waals surface area (Å²) in [5.41, 5.74) is 3.16. The van der Waals surface area contributed by atoms with Crippen molar-refractivity contribution < 1.29 is 4.79 Å². The van der Waals surface area contributed by atoms with Crippen molar-refractivity contribution in [2.24, 2.45) is 4.99 Å². The highest BCUT2D eigenvalue weighted by atomic mass is 32.2. The molecule has 0 saturated carbocycles. The van der Waals surface area contributed by atoms with E-state index in [2.05, 4.69) is 46.5 Å². The van der Waals surface area contributed by atoms with Crippen molar-refractivity contribution >= 4 is 33.8 Å². The second kappa shape index (κ2) is 11.3. The molecule has 4 nitrogen and oxygen atoms in total. The van der Waals surface area contributed by atoms with Gasteiger partial charge in [0.1, 0.15) is 4.38 Å². The van der Waals surface area contributed by atoms with Gasteiger partial charge in [-0.25, -0.2) is 0 Å². The molecule has 1 aliphatic rings. The number of carbonyl (C=O) groups excluding carboxylic acids is 1. The number of rotatable bonds is 9. The Morgan fingerprint density at radius 2 is 1.96 bits per heavy atom. The number of aliphatic imine (C=N–C) groups is 1. The second-order valence-corrected chi connectivity index (χ2v) is 9.08. The van der Waals surface area contributed by atoms with Crippen LogP contribution in [0.2, 0.25) is 0 Å². The van der Waals surface area contributed by atoms with Crippen molar-refractivity contribution in [3.63, 3.8) is 0 Å². The Bertz CT molecular complexity index is 795. The smallest absolute Gasteiger partial charge is 0.251 e. The lowest BCUT2D eigenvalue weighted by Gasteiger charge is -2.17. The first-order valence-corrected chi connectivity index (χ1v) is 11.6. The molecule has 2 aromatic carbocycles. The van der Waals surface area contributed by atoms with E-state index >= 15 is 0 Å². The molecular formula is C22H27N3OS2. The fourth-order valence-electron chi connectivity index (χ4n) is 3.03. The molecule has 1 amide bonds. The van der Waals surface area contributed by atoms with Gasteiger partial charge >= 0.3 is 0 Å². The number of hydrogen-bond acceptors (Lipinski definition) is 5. The van der Waals surface area contributed by atoms with E-state index in [0.717, 1.165) is 53.1 Å². The number of hydrogen-bond donors (Lipinski definition) is 1. The maximum Gasteiger partial charge on any atom is 0.251 e. The number of amides is 1. The Kier molecular flexibility index (Phi) is 8.45. The van der Waals surface area contributed by atoms with Gasteiger partial charge in [0.05, 0.1) is 6.54 Å². The molecule has 0 spiro atoms. The summed E-state index contributed by atoms with van der Waals surface area (Å²) in [6, 6.07) is 18.3. The van der Waals surface area contributed by atoms with Crippen molar-refractivity contribution in [3.8, 4) is 0 Å². The third kappa shape index (κ3) is 6.69. The van der Waals surface area contributed by atoms with Gasteiger partial charge in [-0.15, -0.1) is 0 Å². The summed E-state index contributed by atoms with van der Waals surface area (Å²) in [7, 11) is 2.12. The third-order valence-corrected chi connectivity index (χ3v) is 6.77. The van der Waals surface area contributed by atoms with Gasteiger partial charge in [-0.2, -0.15) is 0 Å². The highest BCUT2D eigenvalue weighted by Gasteiger charge is 2.13. The summed E-state index contributed by atoms with van der Waals surface area (Å²) in [5, 5.41) is 3.08.